The summed E-state index contributed by atoms with van der Waals surface area (Å²) in [5.41, 5.74) is 2.01. The molecule has 0 spiro atoms. The first kappa shape index (κ1) is 27.4. The normalized spacial score (nSPS) is 11.9. The molecule has 0 aliphatic carbocycles. The molecule has 0 aliphatic heterocycles. The minimum Gasteiger partial charge on any atom is -0.465 e. The van der Waals surface area contributed by atoms with E-state index in [0.29, 0.717) is 17.0 Å². The number of hydrogen-bond acceptors (Lipinski definition) is 6. The molecule has 0 saturated heterocycles. The number of benzene rings is 3. The zero-order valence-electron chi connectivity index (χ0n) is 19.6. The van der Waals surface area contributed by atoms with Gasteiger partial charge in [0.05, 0.1) is 17.6 Å². The van der Waals surface area contributed by atoms with Gasteiger partial charge in [-0.1, -0.05) is 32.0 Å². The minimum atomic E-state index is -4.74. The van der Waals surface area contributed by atoms with Crippen molar-refractivity contribution >= 4 is 33.4 Å². The number of methoxy groups -OCH3 is 1. The second kappa shape index (κ2) is 11.3. The van der Waals surface area contributed by atoms with Gasteiger partial charge in [-0.25, -0.2) is 13.2 Å². The lowest BCUT2D eigenvalue weighted by Crippen LogP contribution is -2.16. The van der Waals surface area contributed by atoms with Crippen molar-refractivity contribution in [3.63, 3.8) is 0 Å². The summed E-state index contributed by atoms with van der Waals surface area (Å²) < 4.78 is 73.8. The van der Waals surface area contributed by atoms with E-state index >= 15 is 0 Å². The molecule has 0 heterocycles. The first-order valence-corrected chi connectivity index (χ1v) is 13.2. The fourth-order valence-electron chi connectivity index (χ4n) is 3.28. The highest BCUT2D eigenvalue weighted by Crippen LogP contribution is 2.29. The predicted molar refractivity (Wildman–Crippen MR) is 132 cm³/mol. The summed E-state index contributed by atoms with van der Waals surface area (Å²) in [5.74, 6) is -0.402. The number of alkyl halides is 3. The average molecular weight is 540 g/mol. The molecule has 0 saturated carbocycles. The summed E-state index contributed by atoms with van der Waals surface area (Å²) in [6.45, 7) is 3.79. The molecule has 1 N–H and O–H groups in total. The Hall–Kier alpha value is -3.18. The monoisotopic (exact) mass is 539 g/mol. The summed E-state index contributed by atoms with van der Waals surface area (Å²) in [4.78, 5) is 12.9. The Morgan fingerprint density at radius 1 is 1.00 bits per heavy atom. The highest BCUT2D eigenvalue weighted by Gasteiger charge is 2.31. The minimum absolute atomic E-state index is 0.0000152. The van der Waals surface area contributed by atoms with Gasteiger partial charge in [-0.05, 0) is 65.6 Å². The third-order valence-corrected chi connectivity index (χ3v) is 7.49. The lowest BCUT2D eigenvalue weighted by atomic mass is 9.97. The molecule has 3 aromatic carbocycles. The van der Waals surface area contributed by atoms with Crippen molar-refractivity contribution < 1.29 is 35.9 Å². The van der Waals surface area contributed by atoms with Crippen molar-refractivity contribution in [1.82, 2.24) is 0 Å². The molecule has 3 rings (SSSR count). The van der Waals surface area contributed by atoms with Crippen molar-refractivity contribution in [2.75, 3.05) is 11.8 Å². The van der Waals surface area contributed by atoms with Crippen LogP contribution in [-0.4, -0.2) is 27.9 Å². The zero-order valence-corrected chi connectivity index (χ0v) is 21.3. The van der Waals surface area contributed by atoms with E-state index in [4.69, 9.17) is 4.74 Å². The number of sulfonamides is 1. The first-order valence-electron chi connectivity index (χ1n) is 10.7. The van der Waals surface area contributed by atoms with Gasteiger partial charge >= 0.3 is 12.3 Å². The number of halogens is 3. The Morgan fingerprint density at radius 2 is 1.64 bits per heavy atom. The number of rotatable bonds is 9. The molecule has 11 heteroatoms. The van der Waals surface area contributed by atoms with Crippen molar-refractivity contribution in [2.24, 2.45) is 0 Å². The van der Waals surface area contributed by atoms with Crippen LogP contribution in [0.1, 0.15) is 41.3 Å². The number of anilines is 1. The summed E-state index contributed by atoms with van der Waals surface area (Å²) in [7, 11) is -2.72. The Labute approximate surface area is 211 Å². The second-order valence-corrected chi connectivity index (χ2v) is 10.7. The summed E-state index contributed by atoms with van der Waals surface area (Å²) in [5, 5.41) is 0. The SMILES string of the molecule is COC(=O)c1cc(S(=O)(=O)Nc2ccc(SCc3ccc(OC(F)(F)F)cc3)cc2)ccc1C(C)C. The average Bonchev–Trinajstić information content (AvgIpc) is 2.82. The van der Waals surface area contributed by atoms with Crippen LogP contribution in [0.5, 0.6) is 5.75 Å². The van der Waals surface area contributed by atoms with Crippen LogP contribution in [-0.2, 0) is 20.5 Å². The summed E-state index contributed by atoms with van der Waals surface area (Å²) in [6, 6.07) is 16.6. The van der Waals surface area contributed by atoms with Crippen LogP contribution < -0.4 is 9.46 Å². The van der Waals surface area contributed by atoms with E-state index in [1.807, 2.05) is 13.8 Å². The highest BCUT2D eigenvalue weighted by molar-refractivity contribution is 7.98. The van der Waals surface area contributed by atoms with Crippen molar-refractivity contribution in [3.05, 3.63) is 83.4 Å². The molecule has 0 atom stereocenters. The van der Waals surface area contributed by atoms with E-state index in [-0.39, 0.29) is 22.1 Å². The second-order valence-electron chi connectivity index (χ2n) is 8.01. The largest absolute Gasteiger partial charge is 0.573 e. The topological polar surface area (TPSA) is 81.7 Å². The van der Waals surface area contributed by atoms with Crippen molar-refractivity contribution in [3.8, 4) is 5.75 Å². The molecule has 0 aromatic heterocycles. The Bertz CT molecular complexity index is 1310. The molecule has 0 unspecified atom stereocenters. The lowest BCUT2D eigenvalue weighted by Gasteiger charge is -2.14. The molecular weight excluding hydrogens is 515 g/mol. The fraction of sp³-hybridized carbons (Fsp3) is 0.240. The van der Waals surface area contributed by atoms with Gasteiger partial charge in [0.15, 0.2) is 0 Å². The maximum absolute atomic E-state index is 12.9. The summed E-state index contributed by atoms with van der Waals surface area (Å²) in [6.07, 6.45) is -4.74. The molecule has 36 heavy (non-hydrogen) atoms. The number of ether oxygens (including phenoxy) is 2. The van der Waals surface area contributed by atoms with Gasteiger partial charge in [-0.2, -0.15) is 0 Å². The van der Waals surface area contributed by atoms with Crippen LogP contribution in [0, 0.1) is 0 Å². The third-order valence-electron chi connectivity index (χ3n) is 5.03. The van der Waals surface area contributed by atoms with Gasteiger partial charge in [-0.15, -0.1) is 24.9 Å². The molecule has 3 aromatic rings. The van der Waals surface area contributed by atoms with Crippen molar-refractivity contribution in [1.29, 1.82) is 0 Å². The molecule has 0 aliphatic rings. The Kier molecular flexibility index (Phi) is 8.57. The van der Waals surface area contributed by atoms with Gasteiger partial charge in [0.1, 0.15) is 5.75 Å². The molecule has 6 nitrogen and oxygen atoms in total. The van der Waals surface area contributed by atoms with E-state index in [9.17, 15) is 26.4 Å². The van der Waals surface area contributed by atoms with Crippen LogP contribution >= 0.6 is 11.8 Å². The standard InChI is InChI=1S/C25H24F3NO5S2/c1-16(2)22-13-12-21(14-23(22)24(30)33-3)36(31,32)29-18-6-10-20(11-7-18)35-15-17-4-8-19(9-5-17)34-25(26,27)28/h4-14,16,29H,15H2,1-3H3. The van der Waals surface area contributed by atoms with Gasteiger partial charge in [-0.3, -0.25) is 4.72 Å². The van der Waals surface area contributed by atoms with Gasteiger partial charge in [0, 0.05) is 16.3 Å². The van der Waals surface area contributed by atoms with Crippen molar-refractivity contribution in [2.45, 2.75) is 41.7 Å². The predicted octanol–water partition coefficient (Wildman–Crippen LogP) is 6.59. The van der Waals surface area contributed by atoms with Crippen LogP contribution in [0.25, 0.3) is 0 Å². The van der Waals surface area contributed by atoms with E-state index in [2.05, 4.69) is 9.46 Å². The highest BCUT2D eigenvalue weighted by atomic mass is 32.2. The van der Waals surface area contributed by atoms with Gasteiger partial charge in [0.25, 0.3) is 10.0 Å². The fourth-order valence-corrected chi connectivity index (χ4v) is 5.22. The number of nitrogens with one attached hydrogen (secondary N) is 1. The number of hydrogen-bond donors (Lipinski definition) is 1. The van der Waals surface area contributed by atoms with E-state index in [0.717, 1.165) is 10.5 Å². The van der Waals surface area contributed by atoms with Crippen LogP contribution in [0.3, 0.4) is 0 Å². The number of thioether (sulfide) groups is 1. The van der Waals surface area contributed by atoms with Crippen LogP contribution in [0.15, 0.2) is 76.5 Å². The van der Waals surface area contributed by atoms with Crippen LogP contribution in [0.2, 0.25) is 0 Å². The molecular formula is C25H24F3NO5S2. The molecule has 0 radical (unpaired) electrons. The smallest absolute Gasteiger partial charge is 0.465 e. The Morgan fingerprint density at radius 3 is 2.19 bits per heavy atom. The zero-order chi connectivity index (χ0) is 26.5. The number of carbonyl (C=O) groups is 1. The van der Waals surface area contributed by atoms with E-state index in [1.54, 1.807) is 42.5 Å². The third kappa shape index (κ3) is 7.41. The van der Waals surface area contributed by atoms with Crippen LogP contribution in [0.4, 0.5) is 18.9 Å². The number of esters is 1. The summed E-state index contributed by atoms with van der Waals surface area (Å²) >= 11 is 1.44. The van der Waals surface area contributed by atoms with Gasteiger partial charge < -0.3 is 9.47 Å². The maximum Gasteiger partial charge on any atom is 0.573 e. The molecule has 0 bridgehead atoms. The van der Waals surface area contributed by atoms with E-state index < -0.39 is 22.4 Å². The lowest BCUT2D eigenvalue weighted by molar-refractivity contribution is -0.274. The molecule has 0 fully saturated rings. The molecule has 0 amide bonds. The van der Waals surface area contributed by atoms with E-state index in [1.165, 1.54) is 43.1 Å². The Balaban J connectivity index is 1.66. The quantitative estimate of drug-likeness (QED) is 0.244. The number of carbonyl (C=O) groups excluding carboxylic acids is 1. The first-order chi connectivity index (χ1) is 16.9. The molecule has 192 valence electrons. The van der Waals surface area contributed by atoms with Gasteiger partial charge in [0.2, 0.25) is 0 Å². The maximum atomic E-state index is 12.9.